The zero-order chi connectivity index (χ0) is 14.8. The van der Waals surface area contributed by atoms with E-state index < -0.39 is 11.0 Å². The van der Waals surface area contributed by atoms with Crippen LogP contribution in [0.5, 0.6) is 0 Å². The molecule has 0 heterocycles. The highest BCUT2D eigenvalue weighted by Crippen LogP contribution is 2.25. The third-order valence-electron chi connectivity index (χ3n) is 3.08. The van der Waals surface area contributed by atoms with Crippen LogP contribution in [0.2, 0.25) is 0 Å². The Balaban J connectivity index is 2.41. The zero-order valence-corrected chi connectivity index (χ0v) is 12.8. The second-order valence-corrected chi connectivity index (χ2v) is 7.66. The van der Waals surface area contributed by atoms with Crippen LogP contribution in [0.15, 0.2) is 42.5 Å². The molecule has 2 aromatic rings. The Labute approximate surface area is 123 Å². The van der Waals surface area contributed by atoms with Gasteiger partial charge in [-0.05, 0) is 37.1 Å². The maximum Gasteiger partial charge on any atom is 0.106 e. The molecule has 2 unspecified atom stereocenters. The molecule has 0 aromatic heterocycles. The first kappa shape index (κ1) is 14.8. The van der Waals surface area contributed by atoms with Gasteiger partial charge in [-0.2, -0.15) is 0 Å². The van der Waals surface area contributed by atoms with Crippen LogP contribution in [0.1, 0.15) is 32.4 Å². The normalized spacial score (nSPS) is 14.7. The smallest absolute Gasteiger partial charge is 0.106 e. The van der Waals surface area contributed by atoms with E-state index in [4.69, 9.17) is 6.42 Å². The molecule has 2 atom stereocenters. The van der Waals surface area contributed by atoms with Crippen molar-refractivity contribution in [1.82, 2.24) is 4.72 Å². The van der Waals surface area contributed by atoms with Gasteiger partial charge in [-0.1, -0.05) is 48.4 Å². The van der Waals surface area contributed by atoms with Crippen LogP contribution >= 0.6 is 0 Å². The van der Waals surface area contributed by atoms with E-state index in [9.17, 15) is 4.21 Å². The van der Waals surface area contributed by atoms with Crippen LogP contribution < -0.4 is 4.72 Å². The summed E-state index contributed by atoms with van der Waals surface area (Å²) in [5.74, 6) is 2.71. The van der Waals surface area contributed by atoms with Gasteiger partial charge >= 0.3 is 0 Å². The molecule has 0 spiro atoms. The molecule has 3 heteroatoms. The summed E-state index contributed by atoms with van der Waals surface area (Å²) in [5.41, 5.74) is 0.989. The minimum Gasteiger partial charge on any atom is -0.242 e. The molecule has 0 saturated heterocycles. The SMILES string of the molecule is C#CC(NS(=O)C(C)(C)C)c1cccc2ccccc12. The van der Waals surface area contributed by atoms with Crippen molar-refractivity contribution in [2.45, 2.75) is 31.6 Å². The largest absolute Gasteiger partial charge is 0.242 e. The fourth-order valence-electron chi connectivity index (χ4n) is 1.97. The van der Waals surface area contributed by atoms with Crippen LogP contribution in [0.25, 0.3) is 10.8 Å². The van der Waals surface area contributed by atoms with Crippen molar-refractivity contribution in [3.8, 4) is 12.3 Å². The van der Waals surface area contributed by atoms with Gasteiger partial charge < -0.3 is 0 Å². The minimum atomic E-state index is -1.20. The third kappa shape index (κ3) is 3.09. The average molecular weight is 285 g/mol. The fraction of sp³-hybridized carbons (Fsp3) is 0.294. The molecular weight excluding hydrogens is 266 g/mol. The van der Waals surface area contributed by atoms with E-state index in [2.05, 4.69) is 10.6 Å². The van der Waals surface area contributed by atoms with E-state index in [-0.39, 0.29) is 10.8 Å². The van der Waals surface area contributed by atoms with Gasteiger partial charge in [0.2, 0.25) is 0 Å². The molecule has 2 nitrogen and oxygen atoms in total. The summed E-state index contributed by atoms with van der Waals surface area (Å²) in [4.78, 5) is 0. The summed E-state index contributed by atoms with van der Waals surface area (Å²) in [6, 6.07) is 13.7. The van der Waals surface area contributed by atoms with Crippen molar-refractivity contribution in [2.24, 2.45) is 0 Å². The highest BCUT2D eigenvalue weighted by Gasteiger charge is 2.23. The van der Waals surface area contributed by atoms with Gasteiger partial charge in [-0.15, -0.1) is 6.42 Å². The molecule has 20 heavy (non-hydrogen) atoms. The summed E-state index contributed by atoms with van der Waals surface area (Å²) in [6.07, 6.45) is 5.64. The summed E-state index contributed by atoms with van der Waals surface area (Å²) >= 11 is 0. The van der Waals surface area contributed by atoms with Gasteiger partial charge in [0.1, 0.15) is 6.04 Å². The fourth-order valence-corrected chi connectivity index (χ4v) is 2.74. The van der Waals surface area contributed by atoms with Crippen LogP contribution in [-0.2, 0) is 11.0 Å². The maximum atomic E-state index is 12.2. The Morgan fingerprint density at radius 3 is 2.45 bits per heavy atom. The second-order valence-electron chi connectivity index (χ2n) is 5.67. The first-order valence-electron chi connectivity index (χ1n) is 6.55. The lowest BCUT2D eigenvalue weighted by Crippen LogP contribution is -2.35. The van der Waals surface area contributed by atoms with Crippen molar-refractivity contribution in [2.75, 3.05) is 0 Å². The lowest BCUT2D eigenvalue weighted by Gasteiger charge is -2.22. The lowest BCUT2D eigenvalue weighted by atomic mass is 10.00. The molecule has 0 aliphatic rings. The van der Waals surface area contributed by atoms with Crippen molar-refractivity contribution >= 4 is 21.8 Å². The summed E-state index contributed by atoms with van der Waals surface area (Å²) in [6.45, 7) is 5.77. The molecule has 0 saturated carbocycles. The van der Waals surface area contributed by atoms with Crippen LogP contribution in [-0.4, -0.2) is 8.96 Å². The molecule has 0 radical (unpaired) electrons. The van der Waals surface area contributed by atoms with Gasteiger partial charge in [-0.3, -0.25) is 0 Å². The van der Waals surface area contributed by atoms with Crippen molar-refractivity contribution in [3.05, 3.63) is 48.0 Å². The van der Waals surface area contributed by atoms with Crippen LogP contribution in [0.4, 0.5) is 0 Å². The predicted molar refractivity (Wildman–Crippen MR) is 86.6 cm³/mol. The van der Waals surface area contributed by atoms with Crippen molar-refractivity contribution < 1.29 is 4.21 Å². The Hall–Kier alpha value is -1.63. The van der Waals surface area contributed by atoms with Gasteiger partial charge in [0.15, 0.2) is 0 Å². The molecule has 1 N–H and O–H groups in total. The number of hydrogen-bond acceptors (Lipinski definition) is 1. The van der Waals surface area contributed by atoms with Gasteiger partial charge in [0.25, 0.3) is 0 Å². The molecule has 0 bridgehead atoms. The van der Waals surface area contributed by atoms with Gasteiger partial charge in [0, 0.05) is 0 Å². The first-order valence-corrected chi connectivity index (χ1v) is 7.70. The molecule has 0 fully saturated rings. The highest BCUT2D eigenvalue weighted by molar-refractivity contribution is 7.84. The number of benzene rings is 2. The van der Waals surface area contributed by atoms with Gasteiger partial charge in [-0.25, -0.2) is 8.93 Å². The molecule has 2 aromatic carbocycles. The number of hydrogen-bond donors (Lipinski definition) is 1. The van der Waals surface area contributed by atoms with Crippen molar-refractivity contribution in [1.29, 1.82) is 0 Å². The molecule has 104 valence electrons. The molecule has 2 rings (SSSR count). The highest BCUT2D eigenvalue weighted by atomic mass is 32.2. The zero-order valence-electron chi connectivity index (χ0n) is 12.0. The third-order valence-corrected chi connectivity index (χ3v) is 4.64. The molecule has 0 amide bonds. The number of fused-ring (bicyclic) bond motifs is 1. The Bertz CT molecular complexity index is 674. The lowest BCUT2D eigenvalue weighted by molar-refractivity contribution is 0.629. The maximum absolute atomic E-state index is 12.2. The van der Waals surface area contributed by atoms with E-state index in [0.29, 0.717) is 0 Å². The molecule has 0 aliphatic heterocycles. The Morgan fingerprint density at radius 2 is 1.80 bits per heavy atom. The second kappa shape index (κ2) is 5.78. The summed E-state index contributed by atoms with van der Waals surface area (Å²) < 4.78 is 15.0. The number of terminal acetylenes is 1. The van der Waals surface area contributed by atoms with E-state index >= 15 is 0 Å². The van der Waals surface area contributed by atoms with Gasteiger partial charge in [0.05, 0.1) is 15.7 Å². The molecular formula is C17H19NOS. The standard InChI is InChI=1S/C17H19NOS/c1-5-16(18-20(19)17(2,3)4)15-12-8-10-13-9-6-7-11-14(13)15/h1,6-12,16,18H,2-4H3. The monoisotopic (exact) mass is 285 g/mol. The van der Waals surface area contributed by atoms with E-state index in [1.165, 1.54) is 0 Å². The van der Waals surface area contributed by atoms with Crippen molar-refractivity contribution in [3.63, 3.8) is 0 Å². The Morgan fingerprint density at radius 1 is 1.15 bits per heavy atom. The molecule has 0 aliphatic carbocycles. The summed E-state index contributed by atoms with van der Waals surface area (Å²) in [5, 5.41) is 2.23. The summed E-state index contributed by atoms with van der Waals surface area (Å²) in [7, 11) is -1.20. The number of rotatable bonds is 3. The quantitative estimate of drug-likeness (QED) is 0.858. The van der Waals surface area contributed by atoms with Crippen LogP contribution in [0.3, 0.4) is 0 Å². The predicted octanol–water partition coefficient (Wildman–Crippen LogP) is 3.57. The van der Waals surface area contributed by atoms with E-state index in [0.717, 1.165) is 16.3 Å². The minimum absolute atomic E-state index is 0.348. The van der Waals surface area contributed by atoms with Crippen LogP contribution in [0, 0.1) is 12.3 Å². The average Bonchev–Trinajstić information content (AvgIpc) is 2.43. The first-order chi connectivity index (χ1) is 9.43. The van der Waals surface area contributed by atoms with E-state index in [1.807, 2.05) is 63.2 Å². The Kier molecular flexibility index (Phi) is 4.27. The topological polar surface area (TPSA) is 29.1 Å². The number of nitrogens with one attached hydrogen (secondary N) is 1. The van der Waals surface area contributed by atoms with E-state index in [1.54, 1.807) is 0 Å².